The molecule has 4 heteroatoms. The molecule has 0 aliphatic carbocycles. The normalized spacial score (nSPS) is 10.1. The van der Waals surface area contributed by atoms with Gasteiger partial charge in [-0.25, -0.2) is 0 Å². The van der Waals surface area contributed by atoms with Gasteiger partial charge >= 0.3 is 5.97 Å². The topological polar surface area (TPSA) is 57.5 Å². The number of phenolic OH excluding ortho intramolecular Hbond substituents is 1. The van der Waals surface area contributed by atoms with Crippen LogP contribution in [0.3, 0.4) is 0 Å². The van der Waals surface area contributed by atoms with Crippen LogP contribution in [0.5, 0.6) is 5.75 Å². The van der Waals surface area contributed by atoms with Crippen LogP contribution in [-0.2, 0) is 11.2 Å². The largest absolute Gasteiger partial charge is 0.508 e. The van der Waals surface area contributed by atoms with Gasteiger partial charge in [-0.15, -0.1) is 11.8 Å². The van der Waals surface area contributed by atoms with Gasteiger partial charge in [-0.1, -0.05) is 0 Å². The van der Waals surface area contributed by atoms with E-state index < -0.39 is 5.97 Å². The molecule has 0 radical (unpaired) electrons. The molecule has 0 bridgehead atoms. The van der Waals surface area contributed by atoms with Crippen LogP contribution in [0.2, 0.25) is 0 Å². The van der Waals surface area contributed by atoms with E-state index in [0.29, 0.717) is 5.56 Å². The van der Waals surface area contributed by atoms with Crippen molar-refractivity contribution in [3.8, 4) is 5.75 Å². The van der Waals surface area contributed by atoms with Gasteiger partial charge in [-0.05, 0) is 36.4 Å². The monoisotopic (exact) mass is 212 g/mol. The van der Waals surface area contributed by atoms with E-state index in [1.165, 1.54) is 17.8 Å². The van der Waals surface area contributed by atoms with Crippen molar-refractivity contribution in [3.05, 3.63) is 23.3 Å². The lowest BCUT2D eigenvalue weighted by Gasteiger charge is -2.08. The Hall–Kier alpha value is -1.16. The third kappa shape index (κ3) is 2.42. The number of rotatable bonds is 3. The first-order valence-electron chi connectivity index (χ1n) is 4.13. The maximum atomic E-state index is 10.5. The summed E-state index contributed by atoms with van der Waals surface area (Å²) in [4.78, 5) is 11.4. The Balaban J connectivity index is 3.13. The first-order chi connectivity index (χ1) is 6.54. The highest BCUT2D eigenvalue weighted by Gasteiger charge is 2.09. The molecular formula is C10H12O3S. The van der Waals surface area contributed by atoms with E-state index in [2.05, 4.69) is 0 Å². The Labute approximate surface area is 86.8 Å². The molecule has 0 amide bonds. The average Bonchev–Trinajstić information content (AvgIpc) is 2.10. The number of aryl methyl sites for hydroxylation is 1. The molecule has 0 saturated heterocycles. The summed E-state index contributed by atoms with van der Waals surface area (Å²) in [5.74, 6) is -0.734. The zero-order valence-corrected chi connectivity index (χ0v) is 8.89. The molecule has 1 aromatic carbocycles. The first kappa shape index (κ1) is 10.9. The number of benzene rings is 1. The number of hydrogen-bond donors (Lipinski definition) is 2. The predicted octanol–water partition coefficient (Wildman–Crippen LogP) is 2.05. The number of carboxylic acid groups (broad SMARTS) is 1. The average molecular weight is 212 g/mol. The van der Waals surface area contributed by atoms with Gasteiger partial charge in [0.2, 0.25) is 0 Å². The summed E-state index contributed by atoms with van der Waals surface area (Å²) in [6, 6.07) is 3.33. The van der Waals surface area contributed by atoms with Gasteiger partial charge in [0.05, 0.1) is 6.42 Å². The lowest BCUT2D eigenvalue weighted by molar-refractivity contribution is -0.136. The predicted molar refractivity (Wildman–Crippen MR) is 56.0 cm³/mol. The molecule has 1 aromatic rings. The molecule has 0 aromatic heterocycles. The van der Waals surface area contributed by atoms with Crippen molar-refractivity contribution < 1.29 is 15.0 Å². The van der Waals surface area contributed by atoms with Crippen molar-refractivity contribution in [2.75, 3.05) is 6.26 Å². The van der Waals surface area contributed by atoms with E-state index in [4.69, 9.17) is 5.11 Å². The molecule has 0 saturated carbocycles. The minimum atomic E-state index is -0.886. The number of phenols is 1. The lowest BCUT2D eigenvalue weighted by Crippen LogP contribution is -2.01. The van der Waals surface area contributed by atoms with Gasteiger partial charge in [0.15, 0.2) is 0 Å². The van der Waals surface area contributed by atoms with Crippen LogP contribution in [-0.4, -0.2) is 22.4 Å². The van der Waals surface area contributed by atoms with Crippen LogP contribution in [0.4, 0.5) is 0 Å². The van der Waals surface area contributed by atoms with Crippen molar-refractivity contribution >= 4 is 17.7 Å². The van der Waals surface area contributed by atoms with E-state index in [0.717, 1.165) is 10.5 Å². The highest BCUT2D eigenvalue weighted by molar-refractivity contribution is 7.98. The molecule has 0 unspecified atom stereocenters. The van der Waals surface area contributed by atoms with Crippen LogP contribution in [0.1, 0.15) is 11.1 Å². The highest BCUT2D eigenvalue weighted by Crippen LogP contribution is 2.28. The van der Waals surface area contributed by atoms with Crippen LogP contribution in [0.15, 0.2) is 17.0 Å². The standard InChI is InChI=1S/C10H12O3S/c1-6-3-9(14-2)7(4-8(6)11)5-10(12)13/h3-4,11H,5H2,1-2H3,(H,12,13). The van der Waals surface area contributed by atoms with E-state index in [1.54, 1.807) is 13.0 Å². The van der Waals surface area contributed by atoms with Crippen molar-refractivity contribution in [2.24, 2.45) is 0 Å². The lowest BCUT2D eigenvalue weighted by atomic mass is 10.1. The quantitative estimate of drug-likeness (QED) is 0.753. The summed E-state index contributed by atoms with van der Waals surface area (Å²) >= 11 is 1.49. The van der Waals surface area contributed by atoms with Gasteiger partial charge < -0.3 is 10.2 Å². The summed E-state index contributed by atoms with van der Waals surface area (Å²) in [5, 5.41) is 18.1. The summed E-state index contributed by atoms with van der Waals surface area (Å²) in [6.07, 6.45) is 1.83. The van der Waals surface area contributed by atoms with Gasteiger partial charge in [0.25, 0.3) is 0 Å². The molecule has 0 heterocycles. The second kappa shape index (κ2) is 4.37. The minimum absolute atomic E-state index is 0.0516. The Morgan fingerprint density at radius 2 is 2.14 bits per heavy atom. The van der Waals surface area contributed by atoms with Gasteiger partial charge in [0, 0.05) is 4.90 Å². The van der Waals surface area contributed by atoms with Crippen molar-refractivity contribution in [1.29, 1.82) is 0 Å². The zero-order valence-electron chi connectivity index (χ0n) is 8.07. The first-order valence-corrected chi connectivity index (χ1v) is 5.35. The fourth-order valence-electron chi connectivity index (χ4n) is 1.20. The number of aliphatic carboxylic acids is 1. The minimum Gasteiger partial charge on any atom is -0.508 e. The third-order valence-electron chi connectivity index (χ3n) is 1.94. The van der Waals surface area contributed by atoms with E-state index in [1.807, 2.05) is 6.26 Å². The smallest absolute Gasteiger partial charge is 0.307 e. The Bertz CT molecular complexity index is 361. The number of aromatic hydroxyl groups is 1. The molecular weight excluding hydrogens is 200 g/mol. The van der Waals surface area contributed by atoms with Gasteiger partial charge in [-0.2, -0.15) is 0 Å². The molecule has 76 valence electrons. The Kier molecular flexibility index (Phi) is 3.41. The van der Waals surface area contributed by atoms with Gasteiger partial charge in [-0.3, -0.25) is 4.79 Å². The molecule has 0 aliphatic rings. The molecule has 0 atom stereocenters. The summed E-state index contributed by atoms with van der Waals surface area (Å²) < 4.78 is 0. The number of thioether (sulfide) groups is 1. The molecule has 1 rings (SSSR count). The van der Waals surface area contributed by atoms with E-state index >= 15 is 0 Å². The SMILES string of the molecule is CSc1cc(C)c(O)cc1CC(=O)O. The second-order valence-electron chi connectivity index (χ2n) is 3.02. The third-order valence-corrected chi connectivity index (χ3v) is 2.76. The van der Waals surface area contributed by atoms with Crippen LogP contribution in [0, 0.1) is 6.92 Å². The van der Waals surface area contributed by atoms with E-state index in [-0.39, 0.29) is 12.2 Å². The molecule has 14 heavy (non-hydrogen) atoms. The van der Waals surface area contributed by atoms with Crippen molar-refractivity contribution in [2.45, 2.75) is 18.2 Å². The van der Waals surface area contributed by atoms with Crippen molar-refractivity contribution in [1.82, 2.24) is 0 Å². The number of carboxylic acids is 1. The number of carbonyl (C=O) groups is 1. The highest BCUT2D eigenvalue weighted by atomic mass is 32.2. The van der Waals surface area contributed by atoms with Crippen LogP contribution >= 0.6 is 11.8 Å². The molecule has 3 nitrogen and oxygen atoms in total. The van der Waals surface area contributed by atoms with Crippen LogP contribution < -0.4 is 0 Å². The second-order valence-corrected chi connectivity index (χ2v) is 3.87. The molecule has 0 spiro atoms. The maximum Gasteiger partial charge on any atom is 0.307 e. The molecule has 2 N–H and O–H groups in total. The fraction of sp³-hybridized carbons (Fsp3) is 0.300. The van der Waals surface area contributed by atoms with Crippen molar-refractivity contribution in [3.63, 3.8) is 0 Å². The summed E-state index contributed by atoms with van der Waals surface area (Å²) in [5.41, 5.74) is 1.43. The summed E-state index contributed by atoms with van der Waals surface area (Å²) in [7, 11) is 0. The fourth-order valence-corrected chi connectivity index (χ4v) is 1.89. The molecule has 0 aliphatic heterocycles. The molecule has 0 fully saturated rings. The maximum absolute atomic E-state index is 10.5. The number of hydrogen-bond acceptors (Lipinski definition) is 3. The van der Waals surface area contributed by atoms with Crippen LogP contribution in [0.25, 0.3) is 0 Å². The van der Waals surface area contributed by atoms with E-state index in [9.17, 15) is 9.90 Å². The Morgan fingerprint density at radius 3 is 2.64 bits per heavy atom. The zero-order chi connectivity index (χ0) is 10.7. The van der Waals surface area contributed by atoms with Gasteiger partial charge in [0.1, 0.15) is 5.75 Å². The summed E-state index contributed by atoms with van der Waals surface area (Å²) in [6.45, 7) is 1.79. The Morgan fingerprint density at radius 1 is 1.50 bits per heavy atom.